The molecule has 0 radical (unpaired) electrons. The molecule has 0 saturated heterocycles. The zero-order valence-electron chi connectivity index (χ0n) is 19.3. The number of aromatic nitrogens is 4. The third kappa shape index (κ3) is 6.01. The van der Waals surface area contributed by atoms with E-state index in [0.29, 0.717) is 41.6 Å². The van der Waals surface area contributed by atoms with Crippen LogP contribution in [0.2, 0.25) is 0 Å². The van der Waals surface area contributed by atoms with Gasteiger partial charge in [-0.15, -0.1) is 11.3 Å². The summed E-state index contributed by atoms with van der Waals surface area (Å²) in [7, 11) is 2.92. The number of hydrogen-bond acceptors (Lipinski definition) is 10. The Bertz CT molecular complexity index is 1170. The van der Waals surface area contributed by atoms with Gasteiger partial charge in [-0.2, -0.15) is 9.97 Å². The number of nitrogens with one attached hydrogen (secondary N) is 1. The Morgan fingerprint density at radius 2 is 1.88 bits per heavy atom. The molecule has 0 aliphatic carbocycles. The van der Waals surface area contributed by atoms with Gasteiger partial charge in [0.2, 0.25) is 23.6 Å². The Hall–Kier alpha value is -2.70. The van der Waals surface area contributed by atoms with Crippen molar-refractivity contribution < 1.29 is 19.0 Å². The first-order valence-corrected chi connectivity index (χ1v) is 12.2. The largest absolute Gasteiger partial charge is 0.481 e. The van der Waals surface area contributed by atoms with Crippen molar-refractivity contribution >= 4 is 45.2 Å². The first kappa shape index (κ1) is 24.9. The van der Waals surface area contributed by atoms with E-state index in [4.69, 9.17) is 19.2 Å². The molecule has 0 aliphatic heterocycles. The summed E-state index contributed by atoms with van der Waals surface area (Å²) in [6.07, 6.45) is 0.667. The van der Waals surface area contributed by atoms with Crippen molar-refractivity contribution in [3.63, 3.8) is 0 Å². The van der Waals surface area contributed by atoms with E-state index < -0.39 is 0 Å². The van der Waals surface area contributed by atoms with Crippen molar-refractivity contribution in [2.24, 2.45) is 0 Å². The summed E-state index contributed by atoms with van der Waals surface area (Å²) in [5.41, 5.74) is 0.853. The Morgan fingerprint density at radius 3 is 2.52 bits per heavy atom. The molecular formula is C21H27N5O5S2. The molecule has 0 atom stereocenters. The van der Waals surface area contributed by atoms with Gasteiger partial charge in [-0.1, -0.05) is 11.8 Å². The van der Waals surface area contributed by atoms with Crippen molar-refractivity contribution in [1.29, 1.82) is 0 Å². The lowest BCUT2D eigenvalue weighted by Crippen LogP contribution is -2.25. The topological polar surface area (TPSA) is 117 Å². The fourth-order valence-corrected chi connectivity index (χ4v) is 4.94. The molecule has 0 spiro atoms. The predicted molar refractivity (Wildman–Crippen MR) is 129 cm³/mol. The van der Waals surface area contributed by atoms with Gasteiger partial charge in [0.1, 0.15) is 4.83 Å². The van der Waals surface area contributed by atoms with Crippen LogP contribution in [-0.4, -0.2) is 58.6 Å². The molecule has 3 rings (SSSR count). The zero-order valence-corrected chi connectivity index (χ0v) is 20.9. The van der Waals surface area contributed by atoms with E-state index in [1.54, 1.807) is 4.57 Å². The van der Waals surface area contributed by atoms with Gasteiger partial charge in [-0.25, -0.2) is 4.98 Å². The standard InChI is InChI=1S/C21H27N5O5S2/c1-6-31-9-7-8-26-19(28)17-12(2)13(3)33-18(17)25-21(26)32-11-14(27)22-20-23-15(29-4)10-16(24-20)30-5/h10H,6-9,11H2,1-5H3,(H,22,23,24,27). The van der Waals surface area contributed by atoms with E-state index in [-0.39, 0.29) is 34.9 Å². The van der Waals surface area contributed by atoms with Gasteiger partial charge in [0, 0.05) is 24.6 Å². The van der Waals surface area contributed by atoms with Crippen LogP contribution in [0.15, 0.2) is 16.0 Å². The third-order valence-electron chi connectivity index (χ3n) is 4.81. The quantitative estimate of drug-likeness (QED) is 0.244. The summed E-state index contributed by atoms with van der Waals surface area (Å²) in [5, 5.41) is 3.76. The van der Waals surface area contributed by atoms with Gasteiger partial charge in [-0.3, -0.25) is 19.5 Å². The van der Waals surface area contributed by atoms with E-state index in [1.165, 1.54) is 43.4 Å². The summed E-state index contributed by atoms with van der Waals surface area (Å²) < 4.78 is 17.2. The fraction of sp³-hybridized carbons (Fsp3) is 0.476. The van der Waals surface area contributed by atoms with Crippen LogP contribution in [0, 0.1) is 13.8 Å². The number of carbonyl (C=O) groups excluding carboxylic acids is 1. The first-order valence-electron chi connectivity index (χ1n) is 10.4. The highest BCUT2D eigenvalue weighted by atomic mass is 32.2. The maximum absolute atomic E-state index is 13.3. The number of methoxy groups -OCH3 is 2. The lowest BCUT2D eigenvalue weighted by atomic mass is 10.2. The number of anilines is 1. The second-order valence-corrected chi connectivity index (χ2v) is 9.12. The second kappa shape index (κ2) is 11.4. The minimum absolute atomic E-state index is 0.0234. The number of fused-ring (bicyclic) bond motifs is 1. The monoisotopic (exact) mass is 493 g/mol. The van der Waals surface area contributed by atoms with E-state index in [1.807, 2.05) is 20.8 Å². The molecular weight excluding hydrogens is 466 g/mol. The molecule has 1 N–H and O–H groups in total. The lowest BCUT2D eigenvalue weighted by molar-refractivity contribution is -0.113. The summed E-state index contributed by atoms with van der Waals surface area (Å²) >= 11 is 2.67. The van der Waals surface area contributed by atoms with Crippen molar-refractivity contribution in [3.8, 4) is 11.8 Å². The first-order chi connectivity index (χ1) is 15.9. The van der Waals surface area contributed by atoms with Crippen LogP contribution in [0.3, 0.4) is 0 Å². The predicted octanol–water partition coefficient (Wildman–Crippen LogP) is 3.04. The van der Waals surface area contributed by atoms with Gasteiger partial charge < -0.3 is 14.2 Å². The number of rotatable bonds is 11. The average Bonchev–Trinajstić information content (AvgIpc) is 3.09. The second-order valence-electron chi connectivity index (χ2n) is 6.98. The summed E-state index contributed by atoms with van der Waals surface area (Å²) in [6.45, 7) is 7.46. The molecule has 3 aromatic heterocycles. The van der Waals surface area contributed by atoms with Gasteiger partial charge in [-0.05, 0) is 32.8 Å². The number of ether oxygens (including phenoxy) is 3. The Labute approximate surface area is 199 Å². The highest BCUT2D eigenvalue weighted by Crippen LogP contribution is 2.28. The molecule has 0 aliphatic rings. The van der Waals surface area contributed by atoms with E-state index >= 15 is 0 Å². The van der Waals surface area contributed by atoms with Crippen LogP contribution < -0.4 is 20.3 Å². The van der Waals surface area contributed by atoms with Gasteiger partial charge in [0.05, 0.1) is 31.4 Å². The lowest BCUT2D eigenvalue weighted by Gasteiger charge is -2.12. The molecule has 0 saturated carbocycles. The maximum atomic E-state index is 13.3. The third-order valence-corrected chi connectivity index (χ3v) is 6.89. The molecule has 0 bridgehead atoms. The number of hydrogen-bond donors (Lipinski definition) is 1. The molecule has 3 aromatic rings. The molecule has 0 aromatic carbocycles. The molecule has 3 heterocycles. The van der Waals surface area contributed by atoms with Crippen LogP contribution in [0.25, 0.3) is 10.2 Å². The van der Waals surface area contributed by atoms with Crippen LogP contribution >= 0.6 is 23.1 Å². The Kier molecular flexibility index (Phi) is 8.64. The average molecular weight is 494 g/mol. The summed E-state index contributed by atoms with van der Waals surface area (Å²) in [5.74, 6) is 0.283. The van der Waals surface area contributed by atoms with Gasteiger partial charge >= 0.3 is 0 Å². The zero-order chi connectivity index (χ0) is 24.0. The van der Waals surface area contributed by atoms with Crippen molar-refractivity contribution in [2.75, 3.05) is 38.5 Å². The number of thioether (sulfide) groups is 1. The number of nitrogens with zero attached hydrogens (tertiary/aromatic N) is 4. The SMILES string of the molecule is CCOCCCn1c(SCC(=O)Nc2nc(OC)cc(OC)n2)nc2sc(C)c(C)c2c1=O. The van der Waals surface area contributed by atoms with Crippen LogP contribution in [0.5, 0.6) is 11.8 Å². The minimum Gasteiger partial charge on any atom is -0.481 e. The summed E-state index contributed by atoms with van der Waals surface area (Å²) in [6, 6.07) is 1.51. The smallest absolute Gasteiger partial charge is 0.263 e. The van der Waals surface area contributed by atoms with E-state index in [0.717, 1.165) is 10.4 Å². The van der Waals surface area contributed by atoms with Crippen molar-refractivity contribution in [3.05, 3.63) is 26.9 Å². The molecule has 178 valence electrons. The summed E-state index contributed by atoms with van der Waals surface area (Å²) in [4.78, 5) is 40.5. The van der Waals surface area contributed by atoms with Crippen molar-refractivity contribution in [1.82, 2.24) is 19.5 Å². The Balaban J connectivity index is 1.81. The number of amides is 1. The molecule has 0 fully saturated rings. The molecule has 0 unspecified atom stereocenters. The van der Waals surface area contributed by atoms with Gasteiger partial charge in [0.15, 0.2) is 5.16 Å². The van der Waals surface area contributed by atoms with Gasteiger partial charge in [0.25, 0.3) is 5.56 Å². The minimum atomic E-state index is -0.343. The highest BCUT2D eigenvalue weighted by Gasteiger charge is 2.18. The molecule has 10 nitrogen and oxygen atoms in total. The molecule has 1 amide bonds. The number of carbonyl (C=O) groups is 1. The fourth-order valence-electron chi connectivity index (χ4n) is 3.04. The number of aryl methyl sites for hydroxylation is 2. The van der Waals surface area contributed by atoms with Crippen LogP contribution in [0.4, 0.5) is 5.95 Å². The molecule has 12 heteroatoms. The van der Waals surface area contributed by atoms with E-state index in [2.05, 4.69) is 15.3 Å². The normalized spacial score (nSPS) is 11.1. The van der Waals surface area contributed by atoms with Crippen molar-refractivity contribution in [2.45, 2.75) is 38.9 Å². The maximum Gasteiger partial charge on any atom is 0.263 e. The highest BCUT2D eigenvalue weighted by molar-refractivity contribution is 7.99. The molecule has 33 heavy (non-hydrogen) atoms. The van der Waals surface area contributed by atoms with E-state index in [9.17, 15) is 9.59 Å². The van der Waals surface area contributed by atoms with Crippen LogP contribution in [0.1, 0.15) is 23.8 Å². The van der Waals surface area contributed by atoms with Crippen LogP contribution in [-0.2, 0) is 16.1 Å². The Morgan fingerprint density at radius 1 is 1.18 bits per heavy atom. The number of thiophene rings is 1.